The minimum Gasteiger partial charge on any atom is -0.348 e. The maximum absolute atomic E-state index is 11.6. The fraction of sp³-hybridized carbons (Fsp3) is 0.727. The van der Waals surface area contributed by atoms with Crippen molar-refractivity contribution in [3.8, 4) is 0 Å². The highest BCUT2D eigenvalue weighted by Crippen LogP contribution is 2.10. The largest absolute Gasteiger partial charge is 0.348 e. The van der Waals surface area contributed by atoms with Crippen molar-refractivity contribution >= 4 is 17.7 Å². The van der Waals surface area contributed by atoms with E-state index in [-0.39, 0.29) is 11.8 Å². The van der Waals surface area contributed by atoms with Gasteiger partial charge in [-0.15, -0.1) is 0 Å². The van der Waals surface area contributed by atoms with Crippen LogP contribution in [0.3, 0.4) is 0 Å². The maximum atomic E-state index is 11.6. The first-order valence-electron chi connectivity index (χ1n) is 5.99. The van der Waals surface area contributed by atoms with Crippen molar-refractivity contribution in [3.05, 3.63) is 0 Å². The Hall–Kier alpha value is -1.43. The molecule has 1 heterocycles. The molecule has 0 bridgehead atoms. The van der Waals surface area contributed by atoms with E-state index in [1.54, 1.807) is 0 Å². The van der Waals surface area contributed by atoms with E-state index in [0.29, 0.717) is 19.4 Å². The van der Waals surface area contributed by atoms with E-state index in [0.717, 1.165) is 19.5 Å². The lowest BCUT2D eigenvalue weighted by atomic mass is 9.97. The summed E-state index contributed by atoms with van der Waals surface area (Å²) in [6.45, 7) is 3.87. The van der Waals surface area contributed by atoms with Gasteiger partial charge in [0.15, 0.2) is 0 Å². The number of carbonyl (C=O) groups excluding carboxylic acids is 3. The summed E-state index contributed by atoms with van der Waals surface area (Å²) in [5.74, 6) is -2.11. The summed E-state index contributed by atoms with van der Waals surface area (Å²) in [5.41, 5.74) is 0. The average molecular weight is 241 g/mol. The van der Waals surface area contributed by atoms with Gasteiger partial charge in [0.2, 0.25) is 5.91 Å². The van der Waals surface area contributed by atoms with Crippen LogP contribution in [0.4, 0.5) is 0 Å². The second-order valence-electron chi connectivity index (χ2n) is 4.10. The van der Waals surface area contributed by atoms with Crippen molar-refractivity contribution in [2.24, 2.45) is 5.92 Å². The lowest BCUT2D eigenvalue weighted by Gasteiger charge is -2.21. The average Bonchev–Trinajstić information content (AvgIpc) is 2.36. The van der Waals surface area contributed by atoms with Crippen LogP contribution in [-0.2, 0) is 14.4 Å². The maximum Gasteiger partial charge on any atom is 0.315 e. The Morgan fingerprint density at radius 3 is 2.41 bits per heavy atom. The van der Waals surface area contributed by atoms with Gasteiger partial charge in [-0.25, -0.2) is 0 Å². The Balaban J connectivity index is 2.34. The van der Waals surface area contributed by atoms with E-state index in [1.807, 2.05) is 6.92 Å². The molecule has 0 aromatic rings. The Labute approximate surface area is 101 Å². The summed E-state index contributed by atoms with van der Waals surface area (Å²) in [4.78, 5) is 34.2. The zero-order valence-corrected chi connectivity index (χ0v) is 10.0. The van der Waals surface area contributed by atoms with Crippen molar-refractivity contribution in [3.63, 3.8) is 0 Å². The highest BCUT2D eigenvalue weighted by molar-refractivity contribution is 6.37. The summed E-state index contributed by atoms with van der Waals surface area (Å²) in [6, 6.07) is 0. The van der Waals surface area contributed by atoms with Gasteiger partial charge >= 0.3 is 11.8 Å². The van der Waals surface area contributed by atoms with Crippen LogP contribution in [-0.4, -0.2) is 37.4 Å². The Morgan fingerprint density at radius 1 is 1.18 bits per heavy atom. The third kappa shape index (κ3) is 4.52. The molecule has 96 valence electrons. The predicted octanol–water partition coefficient (Wildman–Crippen LogP) is -0.845. The van der Waals surface area contributed by atoms with E-state index in [2.05, 4.69) is 16.0 Å². The number of piperidine rings is 1. The Morgan fingerprint density at radius 2 is 1.82 bits per heavy atom. The van der Waals surface area contributed by atoms with Crippen molar-refractivity contribution in [1.82, 2.24) is 16.0 Å². The van der Waals surface area contributed by atoms with E-state index >= 15 is 0 Å². The SMILES string of the molecule is CCCNC(=O)C(=O)NC(=O)C1CCNCC1. The number of hydrogen-bond acceptors (Lipinski definition) is 4. The van der Waals surface area contributed by atoms with Gasteiger partial charge in [-0.05, 0) is 32.4 Å². The number of imide groups is 1. The van der Waals surface area contributed by atoms with Crippen molar-refractivity contribution in [1.29, 1.82) is 0 Å². The molecule has 17 heavy (non-hydrogen) atoms. The number of nitrogens with one attached hydrogen (secondary N) is 3. The summed E-state index contributed by atoms with van der Waals surface area (Å²) < 4.78 is 0. The van der Waals surface area contributed by atoms with Crippen LogP contribution in [0.1, 0.15) is 26.2 Å². The van der Waals surface area contributed by atoms with Crippen LogP contribution >= 0.6 is 0 Å². The van der Waals surface area contributed by atoms with Crippen LogP contribution in [0.15, 0.2) is 0 Å². The molecule has 1 aliphatic heterocycles. The molecule has 3 amide bonds. The predicted molar refractivity (Wildman–Crippen MR) is 62.0 cm³/mol. The fourth-order valence-electron chi connectivity index (χ4n) is 1.67. The molecular weight excluding hydrogens is 222 g/mol. The molecule has 0 aliphatic carbocycles. The molecule has 1 rings (SSSR count). The standard InChI is InChI=1S/C11H19N3O3/c1-2-5-13-10(16)11(17)14-9(15)8-3-6-12-7-4-8/h8,12H,2-7H2,1H3,(H,13,16)(H,14,15,17). The van der Waals surface area contributed by atoms with Gasteiger partial charge in [0.05, 0.1) is 0 Å². The van der Waals surface area contributed by atoms with Crippen LogP contribution < -0.4 is 16.0 Å². The number of carbonyl (C=O) groups is 3. The van der Waals surface area contributed by atoms with Crippen molar-refractivity contribution in [2.45, 2.75) is 26.2 Å². The molecule has 1 fully saturated rings. The van der Waals surface area contributed by atoms with Crippen LogP contribution in [0.5, 0.6) is 0 Å². The van der Waals surface area contributed by atoms with Gasteiger partial charge in [0, 0.05) is 12.5 Å². The van der Waals surface area contributed by atoms with Gasteiger partial charge in [-0.1, -0.05) is 6.92 Å². The molecule has 3 N–H and O–H groups in total. The first kappa shape index (κ1) is 13.6. The molecular formula is C11H19N3O3. The minimum atomic E-state index is -0.859. The number of amides is 3. The van der Waals surface area contributed by atoms with Gasteiger partial charge in [-0.2, -0.15) is 0 Å². The molecule has 0 unspecified atom stereocenters. The number of rotatable bonds is 3. The minimum absolute atomic E-state index is 0.167. The second-order valence-corrected chi connectivity index (χ2v) is 4.10. The first-order valence-corrected chi connectivity index (χ1v) is 5.99. The van der Waals surface area contributed by atoms with E-state index in [4.69, 9.17) is 0 Å². The quantitative estimate of drug-likeness (QED) is 0.562. The lowest BCUT2D eigenvalue weighted by Crippen LogP contribution is -2.46. The molecule has 1 saturated heterocycles. The second kappa shape index (κ2) is 7.01. The highest BCUT2D eigenvalue weighted by Gasteiger charge is 2.24. The third-order valence-electron chi connectivity index (χ3n) is 2.69. The van der Waals surface area contributed by atoms with Crippen LogP contribution in [0.25, 0.3) is 0 Å². The van der Waals surface area contributed by atoms with E-state index in [1.165, 1.54) is 0 Å². The fourth-order valence-corrected chi connectivity index (χ4v) is 1.67. The third-order valence-corrected chi connectivity index (χ3v) is 2.69. The molecule has 6 nitrogen and oxygen atoms in total. The molecule has 0 atom stereocenters. The van der Waals surface area contributed by atoms with E-state index in [9.17, 15) is 14.4 Å². The number of hydrogen-bond donors (Lipinski definition) is 3. The van der Waals surface area contributed by atoms with E-state index < -0.39 is 11.8 Å². The summed E-state index contributed by atoms with van der Waals surface area (Å²) in [7, 11) is 0. The van der Waals surface area contributed by atoms with Crippen LogP contribution in [0, 0.1) is 5.92 Å². The summed E-state index contributed by atoms with van der Waals surface area (Å²) >= 11 is 0. The molecule has 0 aromatic heterocycles. The molecule has 0 aromatic carbocycles. The molecule has 0 saturated carbocycles. The van der Waals surface area contributed by atoms with Gasteiger partial charge in [0.1, 0.15) is 0 Å². The smallest absolute Gasteiger partial charge is 0.315 e. The topological polar surface area (TPSA) is 87.3 Å². The normalized spacial score (nSPS) is 16.3. The molecule has 0 spiro atoms. The Bertz CT molecular complexity index is 298. The monoisotopic (exact) mass is 241 g/mol. The van der Waals surface area contributed by atoms with Gasteiger partial charge in [-0.3, -0.25) is 19.7 Å². The zero-order valence-electron chi connectivity index (χ0n) is 10.0. The summed E-state index contributed by atoms with van der Waals surface area (Å²) in [5, 5.41) is 7.69. The van der Waals surface area contributed by atoms with Crippen LogP contribution in [0.2, 0.25) is 0 Å². The van der Waals surface area contributed by atoms with Crippen molar-refractivity contribution in [2.75, 3.05) is 19.6 Å². The first-order chi connectivity index (χ1) is 8.15. The van der Waals surface area contributed by atoms with Gasteiger partial charge in [0.25, 0.3) is 0 Å². The molecule has 0 radical (unpaired) electrons. The highest BCUT2D eigenvalue weighted by atomic mass is 16.2. The molecule has 1 aliphatic rings. The zero-order chi connectivity index (χ0) is 12.7. The Kier molecular flexibility index (Phi) is 5.62. The van der Waals surface area contributed by atoms with Crippen molar-refractivity contribution < 1.29 is 14.4 Å². The lowest BCUT2D eigenvalue weighted by molar-refractivity contribution is -0.143. The summed E-state index contributed by atoms with van der Waals surface area (Å²) in [6.07, 6.45) is 2.16. The molecule has 6 heteroatoms. The van der Waals surface area contributed by atoms with Gasteiger partial charge < -0.3 is 10.6 Å².